The third kappa shape index (κ3) is 5.56. The number of benzene rings is 2. The van der Waals surface area contributed by atoms with Crippen LogP contribution >= 0.6 is 0 Å². The van der Waals surface area contributed by atoms with E-state index in [4.69, 9.17) is 0 Å². The minimum atomic E-state index is -4.39. The summed E-state index contributed by atoms with van der Waals surface area (Å²) in [5.41, 5.74) is 3.25. The van der Waals surface area contributed by atoms with Crippen molar-refractivity contribution >= 4 is 5.91 Å². The lowest BCUT2D eigenvalue weighted by atomic mass is 9.84. The van der Waals surface area contributed by atoms with Crippen LogP contribution in [0, 0.1) is 5.92 Å². The molecule has 33 heavy (non-hydrogen) atoms. The number of hydrogen-bond donors (Lipinski definition) is 1. The van der Waals surface area contributed by atoms with Gasteiger partial charge in [-0.1, -0.05) is 55.3 Å². The molecule has 1 fully saturated rings. The number of piperidine rings is 1. The zero-order valence-electron chi connectivity index (χ0n) is 18.8. The highest BCUT2D eigenvalue weighted by Gasteiger charge is 2.30. The number of nitrogens with zero attached hydrogens (tertiary/aromatic N) is 1. The lowest BCUT2D eigenvalue weighted by Crippen LogP contribution is -2.38. The average molecular weight is 455 g/mol. The first-order valence-electron chi connectivity index (χ1n) is 11.5. The Labute approximate surface area is 193 Å². The largest absolute Gasteiger partial charge is 0.416 e. The Morgan fingerprint density at radius 1 is 1.09 bits per heavy atom. The Hall–Kier alpha value is -2.86. The molecule has 1 atom stereocenters. The predicted octanol–water partition coefficient (Wildman–Crippen LogP) is 6.44. The van der Waals surface area contributed by atoms with Crippen LogP contribution in [-0.2, 0) is 6.18 Å². The molecule has 3 nitrogen and oxygen atoms in total. The number of carbonyl (C=O) groups excluding carboxylic acids is 1. The molecule has 2 aromatic carbocycles. The summed E-state index contributed by atoms with van der Waals surface area (Å²) in [4.78, 5) is 15.6. The number of alkyl halides is 3. The van der Waals surface area contributed by atoms with Crippen molar-refractivity contribution in [2.24, 2.45) is 5.92 Å². The summed E-state index contributed by atoms with van der Waals surface area (Å²) in [6.07, 6.45) is 4.06. The van der Waals surface area contributed by atoms with Gasteiger partial charge in [-0.05, 0) is 73.7 Å². The van der Waals surface area contributed by atoms with E-state index in [1.807, 2.05) is 6.08 Å². The Morgan fingerprint density at radius 2 is 1.85 bits per heavy atom. The van der Waals surface area contributed by atoms with Crippen molar-refractivity contribution in [2.45, 2.75) is 38.8 Å². The SMILES string of the molecule is CCCCN1CCC2CC(NC(=O)c3ccccc3-c3ccc(C(F)(F)F)cc3)=CC=C2C1. The molecule has 4 rings (SSSR count). The van der Waals surface area contributed by atoms with Crippen LogP contribution in [0.4, 0.5) is 13.2 Å². The Bertz CT molecular complexity index is 1050. The van der Waals surface area contributed by atoms with Gasteiger partial charge in [0.25, 0.3) is 5.91 Å². The summed E-state index contributed by atoms with van der Waals surface area (Å²) in [6.45, 7) is 5.42. The van der Waals surface area contributed by atoms with Gasteiger partial charge in [-0.25, -0.2) is 0 Å². The second kappa shape index (κ2) is 9.96. The highest BCUT2D eigenvalue weighted by atomic mass is 19.4. The number of unbranched alkanes of at least 4 members (excludes halogenated alkanes) is 1. The van der Waals surface area contributed by atoms with Crippen molar-refractivity contribution in [3.8, 4) is 11.1 Å². The van der Waals surface area contributed by atoms with Gasteiger partial charge in [-0.3, -0.25) is 9.69 Å². The molecule has 1 amide bonds. The molecular formula is C27H29F3N2O. The first-order chi connectivity index (χ1) is 15.8. The van der Waals surface area contributed by atoms with Crippen LogP contribution in [0.5, 0.6) is 0 Å². The number of likely N-dealkylation sites (tertiary alicyclic amines) is 1. The number of nitrogens with one attached hydrogen (secondary N) is 1. The molecule has 1 aliphatic heterocycles. The van der Waals surface area contributed by atoms with E-state index in [-0.39, 0.29) is 5.91 Å². The average Bonchev–Trinajstić information content (AvgIpc) is 2.82. The molecule has 6 heteroatoms. The van der Waals surface area contributed by atoms with E-state index in [1.54, 1.807) is 24.3 Å². The summed E-state index contributed by atoms with van der Waals surface area (Å²) in [5.74, 6) is 0.210. The van der Waals surface area contributed by atoms with Crippen LogP contribution in [0.25, 0.3) is 11.1 Å². The predicted molar refractivity (Wildman–Crippen MR) is 125 cm³/mol. The van der Waals surface area contributed by atoms with E-state index in [1.165, 1.54) is 30.5 Å². The Morgan fingerprint density at radius 3 is 2.58 bits per heavy atom. The topological polar surface area (TPSA) is 32.3 Å². The van der Waals surface area contributed by atoms with Crippen LogP contribution < -0.4 is 5.32 Å². The maximum Gasteiger partial charge on any atom is 0.416 e. The summed E-state index contributed by atoms with van der Waals surface area (Å²) in [5, 5.41) is 3.04. The molecule has 1 aliphatic carbocycles. The smallest absolute Gasteiger partial charge is 0.326 e. The van der Waals surface area contributed by atoms with E-state index in [2.05, 4.69) is 23.2 Å². The standard InChI is InChI=1S/C27H29F3N2O/c1-2-3-15-32-16-14-20-17-23(13-10-21(20)18-32)31-26(33)25-7-5-4-6-24(25)19-8-11-22(12-9-19)27(28,29)30/h4-13,20H,2-3,14-18H2,1H3,(H,31,33). The highest BCUT2D eigenvalue weighted by Crippen LogP contribution is 2.33. The molecule has 174 valence electrons. The number of halogens is 3. The molecule has 0 saturated carbocycles. The number of carbonyl (C=O) groups is 1. The fraction of sp³-hybridized carbons (Fsp3) is 0.370. The van der Waals surface area contributed by atoms with Gasteiger partial charge in [-0.15, -0.1) is 0 Å². The van der Waals surface area contributed by atoms with E-state index in [9.17, 15) is 18.0 Å². The van der Waals surface area contributed by atoms with Gasteiger partial charge in [0.15, 0.2) is 0 Å². The zero-order chi connectivity index (χ0) is 23.4. The number of rotatable bonds is 6. The van der Waals surface area contributed by atoms with Crippen molar-refractivity contribution in [1.29, 1.82) is 0 Å². The van der Waals surface area contributed by atoms with Gasteiger partial charge in [0.05, 0.1) is 5.56 Å². The van der Waals surface area contributed by atoms with Crippen LogP contribution in [-0.4, -0.2) is 30.4 Å². The molecule has 0 bridgehead atoms. The summed E-state index contributed by atoms with van der Waals surface area (Å²) in [6, 6.07) is 11.9. The van der Waals surface area contributed by atoms with Gasteiger partial charge in [0.2, 0.25) is 0 Å². The van der Waals surface area contributed by atoms with E-state index >= 15 is 0 Å². The molecular weight excluding hydrogens is 425 g/mol. The number of fused-ring (bicyclic) bond motifs is 1. The van der Waals surface area contributed by atoms with Crippen LogP contribution in [0.1, 0.15) is 48.5 Å². The van der Waals surface area contributed by atoms with Crippen molar-refractivity contribution in [2.75, 3.05) is 19.6 Å². The van der Waals surface area contributed by atoms with Crippen molar-refractivity contribution in [1.82, 2.24) is 10.2 Å². The molecule has 0 aromatic heterocycles. The molecule has 1 saturated heterocycles. The highest BCUT2D eigenvalue weighted by molar-refractivity contribution is 6.01. The van der Waals surface area contributed by atoms with E-state index in [0.29, 0.717) is 22.6 Å². The van der Waals surface area contributed by atoms with Crippen LogP contribution in [0.15, 0.2) is 72.0 Å². The Kier molecular flexibility index (Phi) is 7.03. The number of amides is 1. The lowest BCUT2D eigenvalue weighted by Gasteiger charge is -2.36. The first-order valence-corrected chi connectivity index (χ1v) is 11.5. The summed E-state index contributed by atoms with van der Waals surface area (Å²) in [7, 11) is 0. The zero-order valence-corrected chi connectivity index (χ0v) is 18.8. The monoisotopic (exact) mass is 454 g/mol. The quantitative estimate of drug-likeness (QED) is 0.545. The maximum atomic E-state index is 13.1. The molecule has 2 aromatic rings. The fourth-order valence-corrected chi connectivity index (χ4v) is 4.60. The van der Waals surface area contributed by atoms with Crippen LogP contribution in [0.3, 0.4) is 0 Å². The second-order valence-corrected chi connectivity index (χ2v) is 8.83. The minimum Gasteiger partial charge on any atom is -0.326 e. The normalized spacial score (nSPS) is 18.8. The minimum absolute atomic E-state index is 0.242. The van der Waals surface area contributed by atoms with Gasteiger partial charge >= 0.3 is 6.18 Å². The molecule has 1 heterocycles. The summed E-state index contributed by atoms with van der Waals surface area (Å²) >= 11 is 0. The molecule has 0 radical (unpaired) electrons. The van der Waals surface area contributed by atoms with Crippen LogP contribution in [0.2, 0.25) is 0 Å². The van der Waals surface area contributed by atoms with Gasteiger partial charge in [0, 0.05) is 17.8 Å². The third-order valence-corrected chi connectivity index (χ3v) is 6.49. The third-order valence-electron chi connectivity index (χ3n) is 6.49. The summed E-state index contributed by atoms with van der Waals surface area (Å²) < 4.78 is 38.7. The molecule has 1 N–H and O–H groups in total. The Balaban J connectivity index is 1.48. The van der Waals surface area contributed by atoms with E-state index in [0.717, 1.165) is 50.3 Å². The molecule has 1 unspecified atom stereocenters. The maximum absolute atomic E-state index is 13.1. The number of hydrogen-bond acceptors (Lipinski definition) is 2. The second-order valence-electron chi connectivity index (χ2n) is 8.83. The van der Waals surface area contributed by atoms with Crippen molar-refractivity contribution < 1.29 is 18.0 Å². The first kappa shape index (κ1) is 23.3. The molecule has 0 spiro atoms. The van der Waals surface area contributed by atoms with Gasteiger partial charge < -0.3 is 5.32 Å². The number of allylic oxidation sites excluding steroid dienone is 3. The molecule has 2 aliphatic rings. The fourth-order valence-electron chi connectivity index (χ4n) is 4.60. The lowest BCUT2D eigenvalue weighted by molar-refractivity contribution is -0.137. The van der Waals surface area contributed by atoms with Crippen molar-refractivity contribution in [3.63, 3.8) is 0 Å². The van der Waals surface area contributed by atoms with E-state index < -0.39 is 11.7 Å². The van der Waals surface area contributed by atoms with Gasteiger partial charge in [-0.2, -0.15) is 13.2 Å². The van der Waals surface area contributed by atoms with Crippen molar-refractivity contribution in [3.05, 3.63) is 83.1 Å². The van der Waals surface area contributed by atoms with Gasteiger partial charge in [0.1, 0.15) is 0 Å².